The van der Waals surface area contributed by atoms with E-state index in [2.05, 4.69) is 4.98 Å². The van der Waals surface area contributed by atoms with Crippen LogP contribution >= 0.6 is 35.0 Å². The van der Waals surface area contributed by atoms with E-state index >= 15 is 0 Å². The minimum Gasteiger partial charge on any atom is -0.462 e. The van der Waals surface area contributed by atoms with Crippen molar-refractivity contribution in [3.63, 3.8) is 0 Å². The zero-order chi connectivity index (χ0) is 23.4. The van der Waals surface area contributed by atoms with Gasteiger partial charge in [0.05, 0.1) is 22.9 Å². The molecule has 1 aromatic heterocycles. The molecule has 33 heavy (non-hydrogen) atoms. The molecule has 4 nitrogen and oxygen atoms in total. The highest BCUT2D eigenvalue weighted by molar-refractivity contribution is 7.99. The van der Waals surface area contributed by atoms with Crippen LogP contribution in [0.2, 0.25) is 10.0 Å². The smallest absolute Gasteiger partial charge is 0.344 e. The quantitative estimate of drug-likeness (QED) is 0.284. The molecule has 0 aliphatic heterocycles. The normalized spacial score (nSPS) is 10.8. The molecule has 0 saturated carbocycles. The Labute approximate surface area is 205 Å². The maximum atomic E-state index is 13.9. The molecule has 7 heteroatoms. The number of carbonyl (C=O) groups is 1. The zero-order valence-corrected chi connectivity index (χ0v) is 19.9. The summed E-state index contributed by atoms with van der Waals surface area (Å²) >= 11 is 14.2. The predicted molar refractivity (Wildman–Crippen MR) is 134 cm³/mol. The molecule has 3 aromatic carbocycles. The average molecular weight is 496 g/mol. The maximum Gasteiger partial charge on any atom is 0.344 e. The second-order valence-electron chi connectivity index (χ2n) is 7.00. The molecule has 4 rings (SSSR count). The van der Waals surface area contributed by atoms with Gasteiger partial charge in [0, 0.05) is 26.1 Å². The van der Waals surface area contributed by atoms with Gasteiger partial charge in [0.25, 0.3) is 0 Å². The molecule has 0 bridgehead atoms. The Morgan fingerprint density at radius 2 is 1.39 bits per heavy atom. The van der Waals surface area contributed by atoms with Gasteiger partial charge in [0.1, 0.15) is 5.56 Å². The molecule has 0 aliphatic carbocycles. The van der Waals surface area contributed by atoms with Gasteiger partial charge in [-0.1, -0.05) is 89.6 Å². The van der Waals surface area contributed by atoms with Gasteiger partial charge in [-0.2, -0.15) is 0 Å². The molecule has 166 valence electrons. The molecule has 0 spiro atoms. The van der Waals surface area contributed by atoms with E-state index in [4.69, 9.17) is 27.9 Å². The molecular formula is C26H19Cl2NO3S. The number of aromatic amines is 1. The Morgan fingerprint density at radius 3 is 1.97 bits per heavy atom. The summed E-state index contributed by atoms with van der Waals surface area (Å²) in [5.41, 5.74) is 1.39. The summed E-state index contributed by atoms with van der Waals surface area (Å²) in [6.07, 6.45) is 0. The minimum atomic E-state index is -0.714. The van der Waals surface area contributed by atoms with Crippen molar-refractivity contribution in [1.29, 1.82) is 0 Å². The fraction of sp³-hybridized carbons (Fsp3) is 0.0769. The highest BCUT2D eigenvalue weighted by Crippen LogP contribution is 2.39. The van der Waals surface area contributed by atoms with E-state index in [1.54, 1.807) is 37.3 Å². The lowest BCUT2D eigenvalue weighted by molar-refractivity contribution is 0.0525. The first-order valence-electron chi connectivity index (χ1n) is 10.2. The topological polar surface area (TPSA) is 59.2 Å². The Morgan fingerprint density at radius 1 is 0.848 bits per heavy atom. The molecular weight excluding hydrogens is 477 g/mol. The standard InChI is InChI=1S/C26H19Cl2NO3S/c1-2-32-26(31)21-22(17-12-6-8-14-19(17)27)29-23(18-13-7-9-15-20(18)28)25(24(21)30)33-16-10-4-3-5-11-16/h3-15H,2H2,1H3,(H,29,30). The largest absolute Gasteiger partial charge is 0.462 e. The number of rotatable bonds is 6. The first kappa shape index (κ1) is 23.2. The van der Waals surface area contributed by atoms with Crippen molar-refractivity contribution < 1.29 is 9.53 Å². The summed E-state index contributed by atoms with van der Waals surface area (Å²) in [5.74, 6) is -0.714. The van der Waals surface area contributed by atoms with Gasteiger partial charge < -0.3 is 9.72 Å². The number of carbonyl (C=O) groups excluding carboxylic acids is 1. The van der Waals surface area contributed by atoms with Crippen LogP contribution in [0.15, 0.2) is 93.4 Å². The van der Waals surface area contributed by atoms with Gasteiger partial charge in [0.2, 0.25) is 5.43 Å². The fourth-order valence-corrected chi connectivity index (χ4v) is 4.85. The van der Waals surface area contributed by atoms with E-state index < -0.39 is 11.4 Å². The number of pyridine rings is 1. The third-order valence-electron chi connectivity index (χ3n) is 4.89. The number of esters is 1. The van der Waals surface area contributed by atoms with Gasteiger partial charge >= 0.3 is 5.97 Å². The van der Waals surface area contributed by atoms with Crippen molar-refractivity contribution >= 4 is 40.9 Å². The lowest BCUT2D eigenvalue weighted by atomic mass is 10.0. The van der Waals surface area contributed by atoms with Crippen LogP contribution in [0.3, 0.4) is 0 Å². The number of halogens is 2. The van der Waals surface area contributed by atoms with Gasteiger partial charge in [-0.15, -0.1) is 0 Å². The lowest BCUT2D eigenvalue weighted by Gasteiger charge is -2.17. The van der Waals surface area contributed by atoms with Crippen molar-refractivity contribution in [2.75, 3.05) is 6.61 Å². The molecule has 0 atom stereocenters. The van der Waals surface area contributed by atoms with Crippen LogP contribution in [0.25, 0.3) is 22.5 Å². The Bertz CT molecular complexity index is 1370. The number of hydrogen-bond donors (Lipinski definition) is 1. The average Bonchev–Trinajstić information content (AvgIpc) is 2.82. The molecule has 0 radical (unpaired) electrons. The Balaban J connectivity index is 2.08. The SMILES string of the molecule is CCOC(=O)c1c(-c2ccccc2Cl)[nH]c(-c2ccccc2Cl)c(Sc2ccccc2)c1=O. The molecule has 0 aliphatic rings. The molecule has 4 aromatic rings. The molecule has 0 saturated heterocycles. The first-order valence-corrected chi connectivity index (χ1v) is 11.8. The number of aromatic nitrogens is 1. The van der Waals surface area contributed by atoms with Crippen LogP contribution in [0.5, 0.6) is 0 Å². The monoisotopic (exact) mass is 495 g/mol. The van der Waals surface area contributed by atoms with Crippen molar-refractivity contribution in [3.8, 4) is 22.5 Å². The van der Waals surface area contributed by atoms with Gasteiger partial charge in [0.15, 0.2) is 0 Å². The second kappa shape index (κ2) is 10.3. The van der Waals surface area contributed by atoms with E-state index in [0.29, 0.717) is 31.8 Å². The Hall–Kier alpha value is -2.99. The van der Waals surface area contributed by atoms with Crippen LogP contribution in [-0.4, -0.2) is 17.6 Å². The first-order chi connectivity index (χ1) is 16.0. The molecule has 0 unspecified atom stereocenters. The van der Waals surface area contributed by atoms with Crippen molar-refractivity contribution in [1.82, 2.24) is 4.98 Å². The van der Waals surface area contributed by atoms with Crippen LogP contribution in [0, 0.1) is 0 Å². The van der Waals surface area contributed by atoms with E-state index in [1.165, 1.54) is 11.8 Å². The van der Waals surface area contributed by atoms with Gasteiger partial charge in [-0.25, -0.2) is 4.79 Å². The van der Waals surface area contributed by atoms with Crippen LogP contribution in [0.1, 0.15) is 17.3 Å². The van der Waals surface area contributed by atoms with Crippen molar-refractivity contribution in [2.24, 2.45) is 0 Å². The van der Waals surface area contributed by atoms with Gasteiger partial charge in [-0.3, -0.25) is 4.79 Å². The summed E-state index contributed by atoms with van der Waals surface area (Å²) in [5, 5.41) is 0.865. The summed E-state index contributed by atoms with van der Waals surface area (Å²) in [6.45, 7) is 1.83. The van der Waals surface area contributed by atoms with Gasteiger partial charge in [-0.05, 0) is 31.2 Å². The third-order valence-corrected chi connectivity index (χ3v) is 6.65. The number of nitrogens with one attached hydrogen (secondary N) is 1. The van der Waals surface area contributed by atoms with Crippen molar-refractivity contribution in [2.45, 2.75) is 16.7 Å². The van der Waals surface area contributed by atoms with Crippen LogP contribution in [0.4, 0.5) is 0 Å². The summed E-state index contributed by atoms with van der Waals surface area (Å²) in [4.78, 5) is 31.3. The predicted octanol–water partition coefficient (Wildman–Crippen LogP) is 7.34. The van der Waals surface area contributed by atoms with Crippen LogP contribution in [-0.2, 0) is 4.74 Å². The highest BCUT2D eigenvalue weighted by atomic mass is 35.5. The molecule has 0 amide bonds. The van der Waals surface area contributed by atoms with E-state index in [9.17, 15) is 9.59 Å². The van der Waals surface area contributed by atoms with E-state index in [1.807, 2.05) is 48.5 Å². The number of hydrogen-bond acceptors (Lipinski definition) is 4. The van der Waals surface area contributed by atoms with E-state index in [-0.39, 0.29) is 17.9 Å². The second-order valence-corrected chi connectivity index (χ2v) is 8.90. The molecule has 1 heterocycles. The maximum absolute atomic E-state index is 13.9. The number of ether oxygens (including phenoxy) is 1. The van der Waals surface area contributed by atoms with E-state index in [0.717, 1.165) is 4.90 Å². The minimum absolute atomic E-state index is 0.0980. The number of benzene rings is 3. The van der Waals surface area contributed by atoms with Crippen molar-refractivity contribution in [3.05, 3.63) is 105 Å². The zero-order valence-electron chi connectivity index (χ0n) is 17.6. The highest BCUT2D eigenvalue weighted by Gasteiger charge is 2.27. The molecule has 1 N–H and O–H groups in total. The Kier molecular flexibility index (Phi) is 7.23. The summed E-state index contributed by atoms with van der Waals surface area (Å²) in [7, 11) is 0. The summed E-state index contributed by atoms with van der Waals surface area (Å²) < 4.78 is 5.25. The molecule has 0 fully saturated rings. The fourth-order valence-electron chi connectivity index (χ4n) is 3.41. The number of H-pyrrole nitrogens is 1. The third kappa shape index (κ3) is 4.86. The van der Waals surface area contributed by atoms with Crippen LogP contribution < -0.4 is 5.43 Å². The lowest BCUT2D eigenvalue weighted by Crippen LogP contribution is -2.22. The summed E-state index contributed by atoms with van der Waals surface area (Å²) in [6, 6.07) is 23.7.